The number of carbonyl (C=O) groups is 1. The molecule has 0 heterocycles. The molecule has 0 aliphatic heterocycles. The third-order valence-electron chi connectivity index (χ3n) is 6.65. The van der Waals surface area contributed by atoms with Crippen LogP contribution in [0.4, 0.5) is 0 Å². The largest absolute Gasteiger partial charge is 0.508 e. The van der Waals surface area contributed by atoms with Gasteiger partial charge in [-0.05, 0) is 78.3 Å². The van der Waals surface area contributed by atoms with Crippen molar-refractivity contribution in [3.05, 3.63) is 57.1 Å². The van der Waals surface area contributed by atoms with Crippen LogP contribution in [0.2, 0.25) is 10.0 Å². The van der Waals surface area contributed by atoms with E-state index in [1.54, 1.807) is 6.07 Å². The van der Waals surface area contributed by atoms with E-state index >= 15 is 0 Å². The van der Waals surface area contributed by atoms with Crippen molar-refractivity contribution in [2.45, 2.75) is 62.8 Å². The van der Waals surface area contributed by atoms with E-state index in [9.17, 15) is 9.90 Å². The van der Waals surface area contributed by atoms with Gasteiger partial charge in [-0.25, -0.2) is 0 Å². The Balaban J connectivity index is 1.38. The predicted molar refractivity (Wildman–Crippen MR) is 130 cm³/mol. The van der Waals surface area contributed by atoms with Gasteiger partial charge in [-0.1, -0.05) is 49.2 Å². The van der Waals surface area contributed by atoms with E-state index in [1.807, 2.05) is 24.3 Å². The number of carbonyl (C=O) groups excluding carboxylic acids is 1. The van der Waals surface area contributed by atoms with E-state index in [0.29, 0.717) is 39.9 Å². The van der Waals surface area contributed by atoms with Crippen molar-refractivity contribution >= 4 is 40.9 Å². The van der Waals surface area contributed by atoms with E-state index in [0.717, 1.165) is 33.9 Å². The molecular formula is C25H29Cl2NO2S. The first-order chi connectivity index (χ1) is 14.8. The van der Waals surface area contributed by atoms with E-state index in [4.69, 9.17) is 23.2 Å². The molecule has 3 aliphatic rings. The summed E-state index contributed by atoms with van der Waals surface area (Å²) in [5.74, 6) is 2.60. The van der Waals surface area contributed by atoms with Crippen LogP contribution in [-0.2, 0) is 11.2 Å². The van der Waals surface area contributed by atoms with E-state index < -0.39 is 0 Å². The lowest BCUT2D eigenvalue weighted by Gasteiger charge is -2.46. The molecule has 3 fully saturated rings. The SMILES string of the molecule is CC(C)c1cc(Cc2c(Cl)cc(SCC(=O)N[C@H]3CCC4CC3C4)cc2Cl)ccc1O. The molecule has 5 rings (SSSR count). The van der Waals surface area contributed by atoms with E-state index in [2.05, 4.69) is 19.2 Å². The molecule has 0 aromatic heterocycles. The molecule has 3 aliphatic carbocycles. The van der Waals surface area contributed by atoms with Gasteiger partial charge in [0.2, 0.25) is 5.91 Å². The molecule has 2 aromatic rings. The summed E-state index contributed by atoms with van der Waals surface area (Å²) in [6.45, 7) is 4.11. The van der Waals surface area contributed by atoms with Crippen LogP contribution in [-0.4, -0.2) is 22.8 Å². The molecule has 0 unspecified atom stereocenters. The van der Waals surface area contributed by atoms with Gasteiger partial charge >= 0.3 is 0 Å². The third kappa shape index (κ3) is 5.35. The summed E-state index contributed by atoms with van der Waals surface area (Å²) >= 11 is 14.6. The fraction of sp³-hybridized carbons (Fsp3) is 0.480. The van der Waals surface area contributed by atoms with Crippen molar-refractivity contribution in [1.29, 1.82) is 0 Å². The maximum absolute atomic E-state index is 12.4. The van der Waals surface area contributed by atoms with Gasteiger partial charge in [0.1, 0.15) is 5.75 Å². The molecular weight excluding hydrogens is 449 g/mol. The van der Waals surface area contributed by atoms with Crippen LogP contribution in [0.15, 0.2) is 35.2 Å². The van der Waals surface area contributed by atoms with E-state index in [1.165, 1.54) is 31.0 Å². The molecule has 1 amide bonds. The summed E-state index contributed by atoms with van der Waals surface area (Å²) in [5, 5.41) is 14.5. The summed E-state index contributed by atoms with van der Waals surface area (Å²) < 4.78 is 0. The minimum Gasteiger partial charge on any atom is -0.508 e. The van der Waals surface area contributed by atoms with Crippen LogP contribution in [0, 0.1) is 11.8 Å². The molecule has 3 nitrogen and oxygen atoms in total. The van der Waals surface area contributed by atoms with Crippen molar-refractivity contribution < 1.29 is 9.90 Å². The summed E-state index contributed by atoms with van der Waals surface area (Å²) in [4.78, 5) is 13.3. The second-order valence-electron chi connectivity index (χ2n) is 9.23. The number of hydrogen-bond donors (Lipinski definition) is 2. The maximum Gasteiger partial charge on any atom is 0.230 e. The Kier molecular flexibility index (Phi) is 7.10. The van der Waals surface area contributed by atoms with Gasteiger partial charge in [0, 0.05) is 27.4 Å². The van der Waals surface area contributed by atoms with Gasteiger partial charge in [-0.3, -0.25) is 4.79 Å². The molecule has 2 aromatic carbocycles. The molecule has 2 N–H and O–H groups in total. The fourth-order valence-corrected chi connectivity index (χ4v) is 6.34. The second kappa shape index (κ2) is 9.64. The van der Waals surface area contributed by atoms with Crippen LogP contribution < -0.4 is 5.32 Å². The topological polar surface area (TPSA) is 49.3 Å². The van der Waals surface area contributed by atoms with Crippen molar-refractivity contribution in [2.75, 3.05) is 5.75 Å². The number of hydrogen-bond acceptors (Lipinski definition) is 3. The standard InChI is InChI=1S/C25H29Cl2NO2S/c1-14(2)19-9-16(4-6-24(19)29)10-20-21(26)11-18(12-22(20)27)31-13-25(30)28-23-5-3-15-7-17(23)8-15/h4,6,9,11-12,14-15,17,23,29H,3,5,7-8,10,13H2,1-2H3,(H,28,30)/t15?,17?,23-/m0/s1. The highest BCUT2D eigenvalue weighted by Gasteiger charge is 2.40. The Morgan fingerprint density at radius 3 is 2.48 bits per heavy atom. The first-order valence-corrected chi connectivity index (χ1v) is 12.8. The zero-order chi connectivity index (χ0) is 22.1. The monoisotopic (exact) mass is 477 g/mol. The van der Waals surface area contributed by atoms with E-state index in [-0.39, 0.29) is 11.8 Å². The normalized spacial score (nSPS) is 22.3. The van der Waals surface area contributed by atoms with Crippen molar-refractivity contribution in [3.8, 4) is 5.75 Å². The number of phenolic OH excluding ortho intramolecular Hbond substituents is 1. The second-order valence-corrected chi connectivity index (χ2v) is 11.1. The molecule has 2 bridgehead atoms. The third-order valence-corrected chi connectivity index (χ3v) is 8.30. The molecule has 166 valence electrons. The average molecular weight is 478 g/mol. The van der Waals surface area contributed by atoms with Gasteiger partial charge in [0.25, 0.3) is 0 Å². The number of halogens is 2. The molecule has 0 spiro atoms. The highest BCUT2D eigenvalue weighted by molar-refractivity contribution is 8.00. The fourth-order valence-electron chi connectivity index (χ4n) is 4.80. The summed E-state index contributed by atoms with van der Waals surface area (Å²) in [6, 6.07) is 9.77. The number of rotatable bonds is 7. The summed E-state index contributed by atoms with van der Waals surface area (Å²) in [5.41, 5.74) is 2.83. The van der Waals surface area contributed by atoms with Crippen LogP contribution in [0.25, 0.3) is 0 Å². The minimum atomic E-state index is 0.0852. The van der Waals surface area contributed by atoms with Crippen LogP contribution in [0.3, 0.4) is 0 Å². The molecule has 1 atom stereocenters. The molecule has 3 saturated carbocycles. The number of thioether (sulfide) groups is 1. The van der Waals surface area contributed by atoms with Gasteiger partial charge in [0.15, 0.2) is 0 Å². The molecule has 6 heteroatoms. The lowest BCUT2D eigenvalue weighted by atomic mass is 9.63. The van der Waals surface area contributed by atoms with Crippen molar-refractivity contribution in [3.63, 3.8) is 0 Å². The lowest BCUT2D eigenvalue weighted by Crippen LogP contribution is -2.50. The zero-order valence-electron chi connectivity index (χ0n) is 18.0. The van der Waals surface area contributed by atoms with Crippen LogP contribution in [0.5, 0.6) is 5.75 Å². The molecule has 0 saturated heterocycles. The number of aromatic hydroxyl groups is 1. The molecule has 0 radical (unpaired) electrons. The van der Waals surface area contributed by atoms with Crippen LogP contribution >= 0.6 is 35.0 Å². The molecule has 31 heavy (non-hydrogen) atoms. The smallest absolute Gasteiger partial charge is 0.230 e. The number of phenols is 1. The van der Waals surface area contributed by atoms with Gasteiger partial charge in [0.05, 0.1) is 5.75 Å². The summed E-state index contributed by atoms with van der Waals surface area (Å²) in [7, 11) is 0. The quantitative estimate of drug-likeness (QED) is 0.430. The number of fused-ring (bicyclic) bond motifs is 2. The Labute approximate surface area is 198 Å². The first kappa shape index (κ1) is 22.8. The van der Waals surface area contributed by atoms with Gasteiger partial charge in [-0.15, -0.1) is 11.8 Å². The predicted octanol–water partition coefficient (Wildman–Crippen LogP) is 6.81. The van der Waals surface area contributed by atoms with Crippen LogP contribution in [0.1, 0.15) is 62.1 Å². The highest BCUT2D eigenvalue weighted by Crippen LogP contribution is 2.45. The number of amides is 1. The first-order valence-electron chi connectivity index (χ1n) is 11.0. The Morgan fingerprint density at radius 2 is 1.87 bits per heavy atom. The summed E-state index contributed by atoms with van der Waals surface area (Å²) in [6.07, 6.45) is 5.52. The zero-order valence-corrected chi connectivity index (χ0v) is 20.3. The Morgan fingerprint density at radius 1 is 1.16 bits per heavy atom. The lowest BCUT2D eigenvalue weighted by molar-refractivity contribution is -0.120. The van der Waals surface area contributed by atoms with Crippen molar-refractivity contribution in [1.82, 2.24) is 5.32 Å². The minimum absolute atomic E-state index is 0.0852. The number of benzene rings is 2. The van der Waals surface area contributed by atoms with Gasteiger partial charge < -0.3 is 10.4 Å². The van der Waals surface area contributed by atoms with Crippen molar-refractivity contribution in [2.24, 2.45) is 11.8 Å². The Bertz CT molecular complexity index is 946. The highest BCUT2D eigenvalue weighted by atomic mass is 35.5. The maximum atomic E-state index is 12.4. The number of nitrogens with one attached hydrogen (secondary N) is 1. The average Bonchev–Trinajstić information content (AvgIpc) is 2.69. The Hall–Kier alpha value is -1.36. The van der Waals surface area contributed by atoms with Gasteiger partial charge in [-0.2, -0.15) is 0 Å².